The first-order chi connectivity index (χ1) is 9.50. The van der Waals surface area contributed by atoms with E-state index in [-0.39, 0.29) is 11.2 Å². The summed E-state index contributed by atoms with van der Waals surface area (Å²) < 4.78 is 2.53. The van der Waals surface area contributed by atoms with Gasteiger partial charge in [-0.05, 0) is 24.1 Å². The number of rotatable bonds is 4. The van der Waals surface area contributed by atoms with E-state index < -0.39 is 0 Å². The van der Waals surface area contributed by atoms with E-state index in [9.17, 15) is 9.59 Å². The summed E-state index contributed by atoms with van der Waals surface area (Å²) in [6.45, 7) is 3.07. The van der Waals surface area contributed by atoms with Crippen molar-refractivity contribution in [1.29, 1.82) is 0 Å². The zero-order chi connectivity index (χ0) is 14.7. The van der Waals surface area contributed by atoms with E-state index in [4.69, 9.17) is 0 Å². The summed E-state index contributed by atoms with van der Waals surface area (Å²) >= 11 is 0. The van der Waals surface area contributed by atoms with E-state index in [1.165, 1.54) is 11.6 Å². The summed E-state index contributed by atoms with van der Waals surface area (Å²) in [6.07, 6.45) is 5.13. The lowest BCUT2D eigenvalue weighted by molar-refractivity contribution is 0.629. The maximum Gasteiger partial charge on any atom is 0.330 e. The fraction of sp³-hybridized carbons (Fsp3) is 0.357. The summed E-state index contributed by atoms with van der Waals surface area (Å²) in [5, 5.41) is 3.22. The van der Waals surface area contributed by atoms with Crippen molar-refractivity contribution in [3.05, 3.63) is 62.2 Å². The zero-order valence-electron chi connectivity index (χ0n) is 11.9. The maximum absolute atomic E-state index is 12.0. The minimum atomic E-state index is -0.316. The van der Waals surface area contributed by atoms with Crippen molar-refractivity contribution in [3.8, 4) is 0 Å². The molecule has 2 aromatic rings. The van der Waals surface area contributed by atoms with Crippen LogP contribution in [0.25, 0.3) is 0 Å². The molecule has 106 valence electrons. The highest BCUT2D eigenvalue weighted by molar-refractivity contribution is 5.21. The fourth-order valence-electron chi connectivity index (χ4n) is 2.04. The Kier molecular flexibility index (Phi) is 4.14. The summed E-state index contributed by atoms with van der Waals surface area (Å²) in [4.78, 5) is 27.6. The van der Waals surface area contributed by atoms with E-state index in [2.05, 4.69) is 10.3 Å². The topological polar surface area (TPSA) is 68.9 Å². The van der Waals surface area contributed by atoms with Crippen LogP contribution in [-0.4, -0.2) is 14.1 Å². The van der Waals surface area contributed by atoms with Gasteiger partial charge in [0.05, 0.1) is 0 Å². The first kappa shape index (κ1) is 14.2. The molecule has 2 rings (SSSR count). The molecule has 0 bridgehead atoms. The summed E-state index contributed by atoms with van der Waals surface area (Å²) in [5.41, 5.74) is 2.24. The molecule has 2 heterocycles. The van der Waals surface area contributed by atoms with Gasteiger partial charge in [-0.3, -0.25) is 14.3 Å². The SMILES string of the molecule is Cc1cnccc1CNCc1cn(C)c(=O)n(C)c1=O. The largest absolute Gasteiger partial charge is 0.330 e. The summed E-state index contributed by atoms with van der Waals surface area (Å²) in [7, 11) is 3.12. The van der Waals surface area contributed by atoms with Crippen LogP contribution in [0.3, 0.4) is 0 Å². The predicted octanol–water partition coefficient (Wildman–Crippen LogP) is 0.0772. The Morgan fingerprint density at radius 3 is 2.60 bits per heavy atom. The second-order valence-electron chi connectivity index (χ2n) is 4.82. The van der Waals surface area contributed by atoms with Crippen LogP contribution < -0.4 is 16.6 Å². The average molecular weight is 274 g/mol. The molecule has 6 heteroatoms. The molecule has 2 aromatic heterocycles. The first-order valence-electron chi connectivity index (χ1n) is 6.36. The molecule has 0 aliphatic carbocycles. The number of aryl methyl sites for hydroxylation is 2. The van der Waals surface area contributed by atoms with Crippen LogP contribution in [0.1, 0.15) is 16.7 Å². The van der Waals surface area contributed by atoms with Crippen LogP contribution in [0.5, 0.6) is 0 Å². The molecule has 0 spiro atoms. The van der Waals surface area contributed by atoms with E-state index >= 15 is 0 Å². The van der Waals surface area contributed by atoms with Crippen LogP contribution in [0.15, 0.2) is 34.2 Å². The van der Waals surface area contributed by atoms with Crippen molar-refractivity contribution < 1.29 is 0 Å². The molecule has 0 aromatic carbocycles. The maximum atomic E-state index is 12.0. The van der Waals surface area contributed by atoms with Crippen LogP contribution in [0, 0.1) is 6.92 Å². The fourth-order valence-corrected chi connectivity index (χ4v) is 2.04. The first-order valence-corrected chi connectivity index (χ1v) is 6.36. The van der Waals surface area contributed by atoms with Crippen molar-refractivity contribution in [2.45, 2.75) is 20.0 Å². The van der Waals surface area contributed by atoms with Gasteiger partial charge in [-0.2, -0.15) is 0 Å². The second kappa shape index (κ2) is 5.83. The normalized spacial score (nSPS) is 10.8. The minimum Gasteiger partial charge on any atom is -0.308 e. The van der Waals surface area contributed by atoms with Crippen molar-refractivity contribution in [2.24, 2.45) is 14.1 Å². The summed E-state index contributed by atoms with van der Waals surface area (Å²) in [6, 6.07) is 1.95. The average Bonchev–Trinajstić information content (AvgIpc) is 2.44. The molecule has 0 saturated heterocycles. The highest BCUT2D eigenvalue weighted by Crippen LogP contribution is 2.04. The molecule has 1 N–H and O–H groups in total. The van der Waals surface area contributed by atoms with E-state index in [1.54, 1.807) is 19.4 Å². The van der Waals surface area contributed by atoms with Crippen molar-refractivity contribution in [2.75, 3.05) is 0 Å². The predicted molar refractivity (Wildman–Crippen MR) is 76.4 cm³/mol. The Hall–Kier alpha value is -2.21. The lowest BCUT2D eigenvalue weighted by Gasteiger charge is -2.09. The molecular formula is C14H18N4O2. The number of pyridine rings is 1. The van der Waals surface area contributed by atoms with E-state index in [0.717, 1.165) is 15.7 Å². The molecule has 6 nitrogen and oxygen atoms in total. The third kappa shape index (κ3) is 2.85. The van der Waals surface area contributed by atoms with Crippen LogP contribution >= 0.6 is 0 Å². The monoisotopic (exact) mass is 274 g/mol. The molecule has 0 saturated carbocycles. The lowest BCUT2D eigenvalue weighted by Crippen LogP contribution is -2.39. The molecule has 0 atom stereocenters. The molecule has 0 fully saturated rings. The van der Waals surface area contributed by atoms with Gasteiger partial charge in [0, 0.05) is 51.3 Å². The highest BCUT2D eigenvalue weighted by Gasteiger charge is 2.06. The second-order valence-corrected chi connectivity index (χ2v) is 4.82. The van der Waals surface area contributed by atoms with Crippen molar-refractivity contribution >= 4 is 0 Å². The third-order valence-electron chi connectivity index (χ3n) is 3.28. The van der Waals surface area contributed by atoms with Gasteiger partial charge >= 0.3 is 5.69 Å². The van der Waals surface area contributed by atoms with Crippen LogP contribution in [0.2, 0.25) is 0 Å². The molecule has 0 unspecified atom stereocenters. The smallest absolute Gasteiger partial charge is 0.308 e. The quantitative estimate of drug-likeness (QED) is 0.857. The third-order valence-corrected chi connectivity index (χ3v) is 3.28. The van der Waals surface area contributed by atoms with Crippen LogP contribution in [-0.2, 0) is 27.2 Å². The van der Waals surface area contributed by atoms with Gasteiger partial charge in [-0.1, -0.05) is 0 Å². The van der Waals surface area contributed by atoms with Gasteiger partial charge in [-0.25, -0.2) is 4.79 Å². The van der Waals surface area contributed by atoms with Crippen molar-refractivity contribution in [3.63, 3.8) is 0 Å². The zero-order valence-corrected chi connectivity index (χ0v) is 11.9. The van der Waals surface area contributed by atoms with Crippen LogP contribution in [0.4, 0.5) is 0 Å². The van der Waals surface area contributed by atoms with Gasteiger partial charge in [0.25, 0.3) is 5.56 Å². The standard InChI is InChI=1S/C14H18N4O2/c1-10-6-15-5-4-11(10)7-16-8-12-9-17(2)14(20)18(3)13(12)19/h4-6,9,16H,7-8H2,1-3H3. The molecule has 0 radical (unpaired) electrons. The van der Waals surface area contributed by atoms with Gasteiger partial charge in [0.1, 0.15) is 0 Å². The summed E-state index contributed by atoms with van der Waals surface area (Å²) in [5.74, 6) is 0. The number of hydrogen-bond donors (Lipinski definition) is 1. The van der Waals surface area contributed by atoms with Gasteiger partial charge in [-0.15, -0.1) is 0 Å². The Labute approximate surface area is 116 Å². The Morgan fingerprint density at radius 2 is 1.90 bits per heavy atom. The van der Waals surface area contributed by atoms with Gasteiger partial charge < -0.3 is 9.88 Å². The van der Waals surface area contributed by atoms with Crippen molar-refractivity contribution in [1.82, 2.24) is 19.4 Å². The number of aromatic nitrogens is 3. The minimum absolute atomic E-state index is 0.257. The molecule has 0 amide bonds. The number of hydrogen-bond acceptors (Lipinski definition) is 4. The molecule has 20 heavy (non-hydrogen) atoms. The Balaban J connectivity index is 2.11. The highest BCUT2D eigenvalue weighted by atomic mass is 16.2. The van der Waals surface area contributed by atoms with E-state index in [0.29, 0.717) is 18.7 Å². The van der Waals surface area contributed by atoms with Gasteiger partial charge in [0.2, 0.25) is 0 Å². The number of nitrogens with one attached hydrogen (secondary N) is 1. The van der Waals surface area contributed by atoms with E-state index in [1.807, 2.05) is 19.2 Å². The lowest BCUT2D eigenvalue weighted by atomic mass is 10.1. The molecule has 0 aliphatic heterocycles. The van der Waals surface area contributed by atoms with Gasteiger partial charge in [0.15, 0.2) is 0 Å². The number of nitrogens with zero attached hydrogens (tertiary/aromatic N) is 3. The molecular weight excluding hydrogens is 256 g/mol. The Morgan fingerprint density at radius 1 is 1.20 bits per heavy atom. The molecule has 0 aliphatic rings. The Bertz CT molecular complexity index is 731.